The molecule has 0 heterocycles. The van der Waals surface area contributed by atoms with Gasteiger partial charge in [0.05, 0.1) is 5.02 Å². The lowest BCUT2D eigenvalue weighted by molar-refractivity contribution is 0.214. The lowest BCUT2D eigenvalue weighted by Gasteiger charge is -2.34. The summed E-state index contributed by atoms with van der Waals surface area (Å²) in [4.78, 5) is 0. The molecule has 0 aliphatic heterocycles. The maximum atomic E-state index is 6.09. The standard InChI is InChI=1S/C16H23BrClN/c1-3-11-5-4-6-12(9-11)16(19-2)13-7-8-15(18)14(17)10-13/h7-8,10-12,16,19H,3-6,9H2,1-2H3. The van der Waals surface area contributed by atoms with E-state index in [-0.39, 0.29) is 0 Å². The third-order valence-electron chi connectivity index (χ3n) is 4.49. The normalized spacial score (nSPS) is 25.3. The van der Waals surface area contributed by atoms with Crippen LogP contribution in [0.3, 0.4) is 0 Å². The van der Waals surface area contributed by atoms with Crippen LogP contribution in [0.15, 0.2) is 22.7 Å². The van der Waals surface area contributed by atoms with Crippen molar-refractivity contribution < 1.29 is 0 Å². The molecule has 0 amide bonds. The van der Waals surface area contributed by atoms with Gasteiger partial charge in [-0.3, -0.25) is 0 Å². The van der Waals surface area contributed by atoms with Crippen LogP contribution in [0.25, 0.3) is 0 Å². The monoisotopic (exact) mass is 343 g/mol. The van der Waals surface area contributed by atoms with Crippen LogP contribution in [-0.4, -0.2) is 7.05 Å². The molecular weight excluding hydrogens is 322 g/mol. The molecule has 106 valence electrons. The van der Waals surface area contributed by atoms with Gasteiger partial charge in [-0.25, -0.2) is 0 Å². The van der Waals surface area contributed by atoms with E-state index in [0.29, 0.717) is 6.04 Å². The maximum absolute atomic E-state index is 6.09. The minimum absolute atomic E-state index is 0.447. The fourth-order valence-electron chi connectivity index (χ4n) is 3.39. The molecule has 0 spiro atoms. The van der Waals surface area contributed by atoms with Crippen LogP contribution >= 0.6 is 27.5 Å². The predicted octanol–water partition coefficient (Wildman–Crippen LogP) is 5.58. The molecule has 0 aromatic heterocycles. The summed E-state index contributed by atoms with van der Waals surface area (Å²) in [5.74, 6) is 1.65. The fourth-order valence-corrected chi connectivity index (χ4v) is 3.90. The quantitative estimate of drug-likeness (QED) is 0.752. The van der Waals surface area contributed by atoms with Crippen molar-refractivity contribution in [3.8, 4) is 0 Å². The number of halogens is 2. The number of hydrogen-bond acceptors (Lipinski definition) is 1. The van der Waals surface area contributed by atoms with Gasteiger partial charge in [0.2, 0.25) is 0 Å². The van der Waals surface area contributed by atoms with Crippen molar-refractivity contribution >= 4 is 27.5 Å². The molecule has 0 saturated heterocycles. The van der Waals surface area contributed by atoms with Gasteiger partial charge in [-0.2, -0.15) is 0 Å². The Kier molecular flexibility index (Phi) is 5.73. The van der Waals surface area contributed by atoms with E-state index in [4.69, 9.17) is 11.6 Å². The number of hydrogen-bond donors (Lipinski definition) is 1. The van der Waals surface area contributed by atoms with Crippen LogP contribution in [0.4, 0.5) is 0 Å². The SMILES string of the molecule is CCC1CCCC(C(NC)c2ccc(Cl)c(Br)c2)C1. The highest BCUT2D eigenvalue weighted by Gasteiger charge is 2.28. The van der Waals surface area contributed by atoms with Gasteiger partial charge < -0.3 is 5.32 Å². The number of rotatable bonds is 4. The Morgan fingerprint density at radius 2 is 2.21 bits per heavy atom. The molecule has 3 heteroatoms. The molecule has 0 radical (unpaired) electrons. The summed E-state index contributed by atoms with van der Waals surface area (Å²) in [6.45, 7) is 2.32. The minimum Gasteiger partial charge on any atom is -0.313 e. The summed E-state index contributed by atoms with van der Waals surface area (Å²) >= 11 is 9.63. The molecule has 3 atom stereocenters. The molecule has 3 unspecified atom stereocenters. The Morgan fingerprint density at radius 3 is 2.84 bits per heavy atom. The van der Waals surface area contributed by atoms with E-state index >= 15 is 0 Å². The molecule has 1 aliphatic carbocycles. The van der Waals surface area contributed by atoms with Crippen molar-refractivity contribution in [1.82, 2.24) is 5.32 Å². The maximum Gasteiger partial charge on any atom is 0.0548 e. The first-order valence-corrected chi connectivity index (χ1v) is 8.45. The van der Waals surface area contributed by atoms with Crippen molar-refractivity contribution in [3.63, 3.8) is 0 Å². The summed E-state index contributed by atoms with van der Waals surface area (Å²) in [5.41, 5.74) is 1.35. The summed E-state index contributed by atoms with van der Waals surface area (Å²) in [7, 11) is 2.07. The average molecular weight is 345 g/mol. The van der Waals surface area contributed by atoms with Gasteiger partial charge >= 0.3 is 0 Å². The second-order valence-electron chi connectivity index (χ2n) is 5.64. The Labute approximate surface area is 130 Å². The van der Waals surface area contributed by atoms with Gasteiger partial charge in [0.25, 0.3) is 0 Å². The Morgan fingerprint density at radius 1 is 1.42 bits per heavy atom. The number of benzene rings is 1. The van der Waals surface area contributed by atoms with Crippen LogP contribution in [-0.2, 0) is 0 Å². The van der Waals surface area contributed by atoms with Crippen LogP contribution in [0, 0.1) is 11.8 Å². The highest BCUT2D eigenvalue weighted by molar-refractivity contribution is 9.10. The Bertz CT molecular complexity index is 421. The van der Waals surface area contributed by atoms with Gasteiger partial charge in [-0.1, -0.05) is 43.9 Å². The smallest absolute Gasteiger partial charge is 0.0548 e. The van der Waals surface area contributed by atoms with Crippen molar-refractivity contribution in [1.29, 1.82) is 0 Å². The van der Waals surface area contributed by atoms with Crippen molar-refractivity contribution in [2.75, 3.05) is 7.05 Å². The zero-order chi connectivity index (χ0) is 13.8. The molecule has 1 fully saturated rings. The van der Waals surface area contributed by atoms with Gasteiger partial charge in [-0.15, -0.1) is 0 Å². The third kappa shape index (κ3) is 3.74. The zero-order valence-electron chi connectivity index (χ0n) is 11.8. The Hall–Kier alpha value is -0.0500. The van der Waals surface area contributed by atoms with Gasteiger partial charge in [0.1, 0.15) is 0 Å². The molecule has 1 aromatic rings. The second-order valence-corrected chi connectivity index (χ2v) is 6.90. The highest BCUT2D eigenvalue weighted by Crippen LogP contribution is 2.39. The zero-order valence-corrected chi connectivity index (χ0v) is 14.1. The molecule has 1 nitrogen and oxygen atoms in total. The average Bonchev–Trinajstić information content (AvgIpc) is 2.44. The predicted molar refractivity (Wildman–Crippen MR) is 86.7 cm³/mol. The molecule has 1 N–H and O–H groups in total. The lowest BCUT2D eigenvalue weighted by Crippen LogP contribution is -2.29. The van der Waals surface area contributed by atoms with Crippen molar-refractivity contribution in [2.45, 2.75) is 45.1 Å². The lowest BCUT2D eigenvalue weighted by atomic mass is 9.75. The van der Waals surface area contributed by atoms with E-state index in [0.717, 1.165) is 21.3 Å². The van der Waals surface area contributed by atoms with Crippen LogP contribution in [0.2, 0.25) is 5.02 Å². The van der Waals surface area contributed by atoms with Crippen LogP contribution in [0.5, 0.6) is 0 Å². The van der Waals surface area contributed by atoms with E-state index in [1.54, 1.807) is 0 Å². The van der Waals surface area contributed by atoms with E-state index in [9.17, 15) is 0 Å². The molecule has 2 rings (SSSR count). The molecule has 0 bridgehead atoms. The first-order valence-electron chi connectivity index (χ1n) is 7.28. The minimum atomic E-state index is 0.447. The topological polar surface area (TPSA) is 12.0 Å². The summed E-state index contributed by atoms with van der Waals surface area (Å²) in [5, 5.41) is 4.30. The van der Waals surface area contributed by atoms with Crippen LogP contribution in [0.1, 0.15) is 50.6 Å². The summed E-state index contributed by atoms with van der Waals surface area (Å²) in [6, 6.07) is 6.76. The fraction of sp³-hybridized carbons (Fsp3) is 0.625. The van der Waals surface area contributed by atoms with E-state index in [2.05, 4.69) is 47.4 Å². The molecular formula is C16H23BrClN. The van der Waals surface area contributed by atoms with E-state index in [1.807, 2.05) is 6.07 Å². The second kappa shape index (κ2) is 7.10. The van der Waals surface area contributed by atoms with Crippen LogP contribution < -0.4 is 5.32 Å². The first kappa shape index (κ1) is 15.3. The van der Waals surface area contributed by atoms with Gasteiger partial charge in [-0.05, 0) is 65.4 Å². The summed E-state index contributed by atoms with van der Waals surface area (Å²) in [6.07, 6.45) is 6.78. The molecule has 1 aromatic carbocycles. The number of nitrogens with one attached hydrogen (secondary N) is 1. The highest BCUT2D eigenvalue weighted by atomic mass is 79.9. The molecule has 1 aliphatic rings. The largest absolute Gasteiger partial charge is 0.313 e. The van der Waals surface area contributed by atoms with Gasteiger partial charge in [0.15, 0.2) is 0 Å². The molecule has 19 heavy (non-hydrogen) atoms. The Balaban J connectivity index is 2.16. The van der Waals surface area contributed by atoms with Gasteiger partial charge in [0, 0.05) is 10.5 Å². The summed E-state index contributed by atoms with van der Waals surface area (Å²) < 4.78 is 0.995. The first-order chi connectivity index (χ1) is 9.15. The van der Waals surface area contributed by atoms with E-state index < -0.39 is 0 Å². The van der Waals surface area contributed by atoms with E-state index in [1.165, 1.54) is 37.7 Å². The van der Waals surface area contributed by atoms with Crippen molar-refractivity contribution in [2.24, 2.45) is 11.8 Å². The van der Waals surface area contributed by atoms with Crippen molar-refractivity contribution in [3.05, 3.63) is 33.3 Å². The molecule has 1 saturated carbocycles. The third-order valence-corrected chi connectivity index (χ3v) is 5.70.